The third-order valence-corrected chi connectivity index (χ3v) is 2.58. The lowest BCUT2D eigenvalue weighted by molar-refractivity contribution is 0.275. The number of hydrogen-bond donors (Lipinski definition) is 2. The van der Waals surface area contributed by atoms with Crippen LogP contribution in [0.15, 0.2) is 6.07 Å². The highest BCUT2D eigenvalue weighted by Crippen LogP contribution is 2.29. The van der Waals surface area contributed by atoms with Gasteiger partial charge in [0.2, 0.25) is 0 Å². The SMILES string of the molecule is Cc1cc2c(c(Cl)c1O)B(O)OC2. The standard InChI is InChI=1S/C8H8BClO3/c1-4-2-5-3-13-9(12)6(5)7(10)8(4)11/h2,11-12H,3H2,1H3. The number of hydrogen-bond acceptors (Lipinski definition) is 3. The van der Waals surface area contributed by atoms with Crippen LogP contribution in [0, 0.1) is 6.92 Å². The zero-order chi connectivity index (χ0) is 9.59. The molecule has 0 aliphatic carbocycles. The van der Waals surface area contributed by atoms with Gasteiger partial charge in [0.25, 0.3) is 0 Å². The molecule has 2 rings (SSSR count). The van der Waals surface area contributed by atoms with Gasteiger partial charge in [-0.15, -0.1) is 0 Å². The lowest BCUT2D eigenvalue weighted by Crippen LogP contribution is -2.29. The average Bonchev–Trinajstić information content (AvgIpc) is 2.43. The Morgan fingerprint density at radius 1 is 1.62 bits per heavy atom. The van der Waals surface area contributed by atoms with Crippen molar-refractivity contribution in [2.45, 2.75) is 13.5 Å². The molecule has 2 N–H and O–H groups in total. The summed E-state index contributed by atoms with van der Waals surface area (Å²) in [7, 11) is -1.01. The van der Waals surface area contributed by atoms with Gasteiger partial charge in [-0.1, -0.05) is 17.7 Å². The molecule has 1 aromatic carbocycles. The number of rotatable bonds is 0. The highest BCUT2D eigenvalue weighted by Gasteiger charge is 2.31. The molecule has 5 heteroatoms. The van der Waals surface area contributed by atoms with E-state index in [9.17, 15) is 10.1 Å². The molecule has 1 heterocycles. The fourth-order valence-corrected chi connectivity index (χ4v) is 1.85. The van der Waals surface area contributed by atoms with Crippen LogP contribution in [-0.4, -0.2) is 17.2 Å². The number of fused-ring (bicyclic) bond motifs is 1. The summed E-state index contributed by atoms with van der Waals surface area (Å²) in [6.45, 7) is 2.10. The minimum absolute atomic E-state index is 0.0185. The van der Waals surface area contributed by atoms with Crippen molar-refractivity contribution in [3.05, 3.63) is 22.2 Å². The van der Waals surface area contributed by atoms with Crippen molar-refractivity contribution >= 4 is 24.2 Å². The molecule has 0 amide bonds. The van der Waals surface area contributed by atoms with Crippen LogP contribution in [-0.2, 0) is 11.3 Å². The highest BCUT2D eigenvalue weighted by atomic mass is 35.5. The van der Waals surface area contributed by atoms with Gasteiger partial charge in [0, 0.05) is 5.46 Å². The molecule has 0 radical (unpaired) electrons. The largest absolute Gasteiger partial charge is 0.506 e. The maximum Gasteiger partial charge on any atom is 0.493 e. The summed E-state index contributed by atoms with van der Waals surface area (Å²) < 4.78 is 4.97. The average molecular weight is 198 g/mol. The number of aryl methyl sites for hydroxylation is 1. The first-order valence-electron chi connectivity index (χ1n) is 3.91. The molecular formula is C8H8BClO3. The second kappa shape index (κ2) is 2.91. The first-order valence-corrected chi connectivity index (χ1v) is 4.29. The van der Waals surface area contributed by atoms with Gasteiger partial charge in [-0.25, -0.2) is 0 Å². The molecule has 0 fully saturated rings. The van der Waals surface area contributed by atoms with Gasteiger partial charge < -0.3 is 14.8 Å². The summed E-state index contributed by atoms with van der Waals surface area (Å²) in [4.78, 5) is 0. The van der Waals surface area contributed by atoms with Gasteiger partial charge >= 0.3 is 7.12 Å². The fourth-order valence-electron chi connectivity index (χ4n) is 1.49. The maximum absolute atomic E-state index is 9.49. The molecule has 1 aliphatic rings. The van der Waals surface area contributed by atoms with E-state index < -0.39 is 7.12 Å². The summed E-state index contributed by atoms with van der Waals surface area (Å²) in [5, 5.41) is 19.0. The number of benzene rings is 1. The molecule has 0 atom stereocenters. The van der Waals surface area contributed by atoms with Crippen molar-refractivity contribution in [3.63, 3.8) is 0 Å². The Morgan fingerprint density at radius 3 is 3.00 bits per heavy atom. The second-order valence-corrected chi connectivity index (χ2v) is 3.47. The zero-order valence-corrected chi connectivity index (χ0v) is 7.80. The third kappa shape index (κ3) is 1.22. The fraction of sp³-hybridized carbons (Fsp3) is 0.250. The van der Waals surface area contributed by atoms with E-state index in [1.807, 2.05) is 0 Å². The van der Waals surface area contributed by atoms with E-state index in [-0.39, 0.29) is 10.8 Å². The molecule has 68 valence electrons. The van der Waals surface area contributed by atoms with Gasteiger partial charge in [-0.2, -0.15) is 0 Å². The van der Waals surface area contributed by atoms with Crippen LogP contribution in [0.4, 0.5) is 0 Å². The van der Waals surface area contributed by atoms with E-state index in [0.29, 0.717) is 17.6 Å². The van der Waals surface area contributed by atoms with Crippen LogP contribution < -0.4 is 5.46 Å². The molecule has 0 aromatic heterocycles. The van der Waals surface area contributed by atoms with Crippen molar-refractivity contribution < 1.29 is 14.8 Å². The molecule has 0 unspecified atom stereocenters. The summed E-state index contributed by atoms with van der Waals surface area (Å²) in [5.74, 6) is 0.0185. The third-order valence-electron chi connectivity index (χ3n) is 2.20. The zero-order valence-electron chi connectivity index (χ0n) is 7.04. The molecule has 0 bridgehead atoms. The first kappa shape index (κ1) is 8.87. The van der Waals surface area contributed by atoms with Crippen LogP contribution >= 0.6 is 11.6 Å². The summed E-state index contributed by atoms with van der Waals surface area (Å²) in [6.07, 6.45) is 0. The molecule has 0 saturated heterocycles. The normalized spacial score (nSPS) is 14.8. The van der Waals surface area contributed by atoms with Crippen LogP contribution in [0.1, 0.15) is 11.1 Å². The van der Waals surface area contributed by atoms with Gasteiger partial charge in [0.1, 0.15) is 5.75 Å². The van der Waals surface area contributed by atoms with Crippen molar-refractivity contribution in [2.75, 3.05) is 0 Å². The highest BCUT2D eigenvalue weighted by molar-refractivity contribution is 6.65. The predicted octanol–water partition coefficient (Wildman–Crippen LogP) is 0.572. The first-order chi connectivity index (χ1) is 6.11. The molecule has 1 aliphatic heterocycles. The monoisotopic (exact) mass is 198 g/mol. The quantitative estimate of drug-likeness (QED) is 0.599. The van der Waals surface area contributed by atoms with Crippen LogP contribution in [0.3, 0.4) is 0 Å². The number of halogens is 1. The van der Waals surface area contributed by atoms with Gasteiger partial charge in [-0.05, 0) is 18.1 Å². The van der Waals surface area contributed by atoms with Crippen molar-refractivity contribution in [3.8, 4) is 5.75 Å². The Balaban J connectivity index is 2.68. The van der Waals surface area contributed by atoms with Gasteiger partial charge in [-0.3, -0.25) is 0 Å². The smallest absolute Gasteiger partial charge is 0.493 e. The Kier molecular flexibility index (Phi) is 1.98. The van der Waals surface area contributed by atoms with E-state index >= 15 is 0 Å². The minimum atomic E-state index is -1.01. The lowest BCUT2D eigenvalue weighted by Gasteiger charge is -2.06. The number of phenolic OH excluding ortho intramolecular Hbond substituents is 1. The molecule has 0 spiro atoms. The van der Waals surface area contributed by atoms with Gasteiger partial charge in [0.05, 0.1) is 11.6 Å². The lowest BCUT2D eigenvalue weighted by atomic mass is 9.79. The van der Waals surface area contributed by atoms with E-state index in [2.05, 4.69) is 0 Å². The molecule has 1 aromatic rings. The Morgan fingerprint density at radius 2 is 2.31 bits per heavy atom. The summed E-state index contributed by atoms with van der Waals surface area (Å²) in [6, 6.07) is 1.77. The maximum atomic E-state index is 9.49. The Labute approximate surface area is 81.1 Å². The van der Waals surface area contributed by atoms with Crippen LogP contribution in [0.25, 0.3) is 0 Å². The van der Waals surface area contributed by atoms with Crippen LogP contribution in [0.5, 0.6) is 5.75 Å². The van der Waals surface area contributed by atoms with E-state index in [1.165, 1.54) is 0 Å². The Hall–Kier alpha value is -0.705. The van der Waals surface area contributed by atoms with E-state index in [1.54, 1.807) is 13.0 Å². The van der Waals surface area contributed by atoms with Crippen molar-refractivity contribution in [1.29, 1.82) is 0 Å². The second-order valence-electron chi connectivity index (χ2n) is 3.09. The Bertz CT molecular complexity index is 367. The van der Waals surface area contributed by atoms with Crippen molar-refractivity contribution in [1.82, 2.24) is 0 Å². The molecular weight excluding hydrogens is 190 g/mol. The summed E-state index contributed by atoms with van der Waals surface area (Å²) >= 11 is 5.85. The predicted molar refractivity (Wildman–Crippen MR) is 50.2 cm³/mol. The number of aromatic hydroxyl groups is 1. The minimum Gasteiger partial charge on any atom is -0.506 e. The summed E-state index contributed by atoms with van der Waals surface area (Å²) in [5.41, 5.74) is 2.03. The molecule has 13 heavy (non-hydrogen) atoms. The van der Waals surface area contributed by atoms with E-state index in [4.69, 9.17) is 16.3 Å². The number of phenols is 1. The van der Waals surface area contributed by atoms with E-state index in [0.717, 1.165) is 5.56 Å². The van der Waals surface area contributed by atoms with Crippen molar-refractivity contribution in [2.24, 2.45) is 0 Å². The van der Waals surface area contributed by atoms with Gasteiger partial charge in [0.15, 0.2) is 0 Å². The molecule has 0 saturated carbocycles. The molecule has 3 nitrogen and oxygen atoms in total. The van der Waals surface area contributed by atoms with Crippen LogP contribution in [0.2, 0.25) is 5.02 Å². The topological polar surface area (TPSA) is 49.7 Å².